The van der Waals surface area contributed by atoms with E-state index in [1.165, 1.54) is 4.57 Å². The molecule has 0 bridgehead atoms. The fourth-order valence-corrected chi connectivity index (χ4v) is 1.59. The van der Waals surface area contributed by atoms with E-state index in [0.29, 0.717) is 17.1 Å². The second kappa shape index (κ2) is 3.84. The Morgan fingerprint density at radius 2 is 2.06 bits per heavy atom. The molecule has 1 aromatic heterocycles. The summed E-state index contributed by atoms with van der Waals surface area (Å²) < 4.78 is 6.15. The summed E-state index contributed by atoms with van der Waals surface area (Å²) in [7, 11) is 0. The first-order chi connectivity index (χ1) is 7.61. The summed E-state index contributed by atoms with van der Waals surface area (Å²) in [6, 6.07) is 7.23. The Kier molecular flexibility index (Phi) is 2.52. The second-order valence-corrected chi connectivity index (χ2v) is 3.82. The summed E-state index contributed by atoms with van der Waals surface area (Å²) in [4.78, 5) is 11.5. The Balaban J connectivity index is 2.66. The Bertz CT molecular complexity index is 554. The van der Waals surface area contributed by atoms with Gasteiger partial charge in [-0.05, 0) is 26.0 Å². The Morgan fingerprint density at radius 1 is 1.38 bits per heavy atom. The number of nitrogens with zero attached hydrogens (tertiary/aromatic N) is 2. The van der Waals surface area contributed by atoms with E-state index >= 15 is 0 Å². The summed E-state index contributed by atoms with van der Waals surface area (Å²) in [6.45, 7) is 3.78. The van der Waals surface area contributed by atoms with Crippen LogP contribution in [-0.2, 0) is 0 Å². The monoisotopic (exact) mass is 219 g/mol. The molecule has 2 aromatic rings. The number of hydrogen-bond donors (Lipinski definition) is 1. The van der Waals surface area contributed by atoms with Gasteiger partial charge in [0.2, 0.25) is 0 Å². The standard InChI is InChI=1S/C11H13N3O2/c1-7(2)14-10(13-16-11(14)15)8-5-3-4-6-9(8)12/h3-7H,12H2,1-2H3. The molecule has 0 fully saturated rings. The number of nitrogens with two attached hydrogens (primary N) is 1. The van der Waals surface area contributed by atoms with Crippen LogP contribution in [0, 0.1) is 0 Å². The Hall–Kier alpha value is -2.04. The van der Waals surface area contributed by atoms with Crippen LogP contribution in [-0.4, -0.2) is 9.72 Å². The van der Waals surface area contributed by atoms with Gasteiger partial charge in [-0.2, -0.15) is 0 Å². The lowest BCUT2D eigenvalue weighted by atomic mass is 10.1. The molecule has 0 atom stereocenters. The Labute approximate surface area is 92.5 Å². The summed E-state index contributed by atoms with van der Waals surface area (Å²) in [5.74, 6) is 0.00588. The average molecular weight is 219 g/mol. The third-order valence-corrected chi connectivity index (χ3v) is 2.35. The summed E-state index contributed by atoms with van der Waals surface area (Å²) in [5.41, 5.74) is 7.12. The molecular weight excluding hydrogens is 206 g/mol. The van der Waals surface area contributed by atoms with Crippen LogP contribution in [0.1, 0.15) is 19.9 Å². The minimum atomic E-state index is -0.465. The highest BCUT2D eigenvalue weighted by Gasteiger charge is 2.16. The number of para-hydroxylation sites is 1. The first-order valence-corrected chi connectivity index (χ1v) is 5.04. The van der Waals surface area contributed by atoms with Crippen LogP contribution in [0.3, 0.4) is 0 Å². The second-order valence-electron chi connectivity index (χ2n) is 3.82. The third-order valence-electron chi connectivity index (χ3n) is 2.35. The topological polar surface area (TPSA) is 74.1 Å². The molecule has 0 spiro atoms. The maximum atomic E-state index is 11.5. The lowest BCUT2D eigenvalue weighted by molar-refractivity contribution is 0.370. The van der Waals surface area contributed by atoms with Gasteiger partial charge in [0.1, 0.15) is 0 Å². The van der Waals surface area contributed by atoms with Crippen molar-refractivity contribution in [2.24, 2.45) is 0 Å². The highest BCUT2D eigenvalue weighted by atomic mass is 16.5. The van der Waals surface area contributed by atoms with Crippen molar-refractivity contribution in [1.82, 2.24) is 9.72 Å². The molecule has 84 valence electrons. The highest BCUT2D eigenvalue weighted by Crippen LogP contribution is 2.24. The van der Waals surface area contributed by atoms with Crippen molar-refractivity contribution in [3.8, 4) is 11.4 Å². The van der Waals surface area contributed by atoms with Gasteiger partial charge in [-0.3, -0.25) is 9.09 Å². The van der Waals surface area contributed by atoms with Gasteiger partial charge in [-0.1, -0.05) is 17.3 Å². The van der Waals surface area contributed by atoms with Crippen molar-refractivity contribution in [1.29, 1.82) is 0 Å². The lowest BCUT2D eigenvalue weighted by Gasteiger charge is -2.08. The van der Waals surface area contributed by atoms with E-state index in [0.717, 1.165) is 0 Å². The summed E-state index contributed by atoms with van der Waals surface area (Å²) >= 11 is 0. The lowest BCUT2D eigenvalue weighted by Crippen LogP contribution is -2.17. The van der Waals surface area contributed by atoms with Gasteiger partial charge in [0.15, 0.2) is 5.82 Å². The third kappa shape index (κ3) is 1.60. The van der Waals surface area contributed by atoms with E-state index in [1.54, 1.807) is 6.07 Å². The van der Waals surface area contributed by atoms with E-state index in [-0.39, 0.29) is 6.04 Å². The minimum absolute atomic E-state index is 0.0200. The molecule has 0 saturated heterocycles. The van der Waals surface area contributed by atoms with Crippen molar-refractivity contribution in [3.63, 3.8) is 0 Å². The molecule has 1 heterocycles. The predicted molar refractivity (Wildman–Crippen MR) is 61.0 cm³/mol. The number of aromatic nitrogens is 2. The number of benzene rings is 1. The smallest absolute Gasteiger partial charge is 0.398 e. The fraction of sp³-hybridized carbons (Fsp3) is 0.273. The van der Waals surface area contributed by atoms with Gasteiger partial charge in [0.25, 0.3) is 0 Å². The average Bonchev–Trinajstić information content (AvgIpc) is 2.61. The van der Waals surface area contributed by atoms with Crippen molar-refractivity contribution in [2.75, 3.05) is 5.73 Å². The van der Waals surface area contributed by atoms with E-state index in [1.807, 2.05) is 32.0 Å². The maximum Gasteiger partial charge on any atom is 0.442 e. The summed E-state index contributed by atoms with van der Waals surface area (Å²) in [6.07, 6.45) is 0. The molecule has 5 heteroatoms. The molecule has 0 amide bonds. The van der Waals surface area contributed by atoms with E-state index in [2.05, 4.69) is 9.68 Å². The Morgan fingerprint density at radius 3 is 2.69 bits per heavy atom. The molecule has 0 aliphatic heterocycles. The fourth-order valence-electron chi connectivity index (χ4n) is 1.59. The minimum Gasteiger partial charge on any atom is -0.398 e. The van der Waals surface area contributed by atoms with E-state index < -0.39 is 5.76 Å². The largest absolute Gasteiger partial charge is 0.442 e. The number of rotatable bonds is 2. The zero-order valence-electron chi connectivity index (χ0n) is 9.18. The zero-order chi connectivity index (χ0) is 11.7. The SMILES string of the molecule is CC(C)n1c(-c2ccccc2N)noc1=O. The van der Waals surface area contributed by atoms with E-state index in [4.69, 9.17) is 5.73 Å². The van der Waals surface area contributed by atoms with Crippen molar-refractivity contribution < 1.29 is 4.52 Å². The highest BCUT2D eigenvalue weighted by molar-refractivity contribution is 5.71. The zero-order valence-corrected chi connectivity index (χ0v) is 9.18. The normalized spacial score (nSPS) is 10.9. The van der Waals surface area contributed by atoms with E-state index in [9.17, 15) is 4.79 Å². The van der Waals surface area contributed by atoms with Gasteiger partial charge < -0.3 is 5.73 Å². The first kappa shape index (κ1) is 10.5. The predicted octanol–water partition coefficient (Wildman–Crippen LogP) is 1.67. The number of nitrogen functional groups attached to an aromatic ring is 1. The molecule has 2 rings (SSSR count). The molecular formula is C11H13N3O2. The summed E-state index contributed by atoms with van der Waals surface area (Å²) in [5, 5.41) is 3.76. The first-order valence-electron chi connectivity index (χ1n) is 5.04. The van der Waals surface area contributed by atoms with Gasteiger partial charge in [-0.25, -0.2) is 4.79 Å². The van der Waals surface area contributed by atoms with Crippen LogP contribution >= 0.6 is 0 Å². The molecule has 0 radical (unpaired) electrons. The molecule has 0 aliphatic rings. The van der Waals surface area contributed by atoms with Crippen LogP contribution in [0.25, 0.3) is 11.4 Å². The number of hydrogen-bond acceptors (Lipinski definition) is 4. The van der Waals surface area contributed by atoms with Crippen LogP contribution in [0.5, 0.6) is 0 Å². The van der Waals surface area contributed by atoms with Crippen LogP contribution in [0.15, 0.2) is 33.6 Å². The van der Waals surface area contributed by atoms with Crippen molar-refractivity contribution in [3.05, 3.63) is 34.8 Å². The van der Waals surface area contributed by atoms with Crippen molar-refractivity contribution in [2.45, 2.75) is 19.9 Å². The molecule has 1 aromatic carbocycles. The maximum absolute atomic E-state index is 11.5. The molecule has 0 saturated carbocycles. The van der Waals surface area contributed by atoms with Gasteiger partial charge in [0.05, 0.1) is 0 Å². The van der Waals surface area contributed by atoms with Crippen LogP contribution in [0.2, 0.25) is 0 Å². The molecule has 16 heavy (non-hydrogen) atoms. The van der Waals surface area contributed by atoms with Gasteiger partial charge in [-0.15, -0.1) is 0 Å². The quantitative estimate of drug-likeness (QED) is 0.779. The molecule has 5 nitrogen and oxygen atoms in total. The van der Waals surface area contributed by atoms with Crippen LogP contribution in [0.4, 0.5) is 5.69 Å². The van der Waals surface area contributed by atoms with Crippen LogP contribution < -0.4 is 11.5 Å². The van der Waals surface area contributed by atoms with Crippen molar-refractivity contribution >= 4 is 5.69 Å². The van der Waals surface area contributed by atoms with Gasteiger partial charge >= 0.3 is 5.76 Å². The number of anilines is 1. The van der Waals surface area contributed by atoms with Gasteiger partial charge in [0, 0.05) is 17.3 Å². The molecule has 0 aliphatic carbocycles. The molecule has 0 unspecified atom stereocenters. The molecule has 2 N–H and O–H groups in total.